The van der Waals surface area contributed by atoms with Gasteiger partial charge in [-0.2, -0.15) is 0 Å². The minimum Gasteiger partial charge on any atom is -0.660 e. The minimum atomic E-state index is -4.49. The molecule has 2 unspecified atom stereocenters. The fraction of sp³-hybridized carbons (Fsp3) is 0.593. The van der Waals surface area contributed by atoms with Gasteiger partial charge in [0.1, 0.15) is 60.7 Å². The summed E-state index contributed by atoms with van der Waals surface area (Å²) in [6, 6.07) is 0. The number of aliphatic hydroxyl groups is 3. The van der Waals surface area contributed by atoms with Crippen LogP contribution in [-0.4, -0.2) is 112 Å². The Morgan fingerprint density at radius 2 is 1.60 bits per heavy atom. The molecule has 0 amide bonds. The topological polar surface area (TPSA) is 246 Å². The largest absolute Gasteiger partial charge is 1.00 e. The zero-order chi connectivity index (χ0) is 35.7. The van der Waals surface area contributed by atoms with Crippen LogP contribution < -0.4 is 70.0 Å². The van der Waals surface area contributed by atoms with Gasteiger partial charge in [0.15, 0.2) is 30.4 Å². The molecule has 276 valence electrons. The van der Waals surface area contributed by atoms with E-state index in [0.717, 1.165) is 23.9 Å². The number of hydrogen-bond donors (Lipinski definition) is 4. The molecule has 3 saturated heterocycles. The number of nitrogens with zero attached hydrogens (tertiary/aromatic N) is 7. The first-order chi connectivity index (χ1) is 24.4. The summed E-state index contributed by atoms with van der Waals surface area (Å²) in [5.74, 6) is 0.639. The number of imidazole rings is 1. The number of hydrogen-bond acceptors (Lipinski definition) is 19. The first kappa shape index (κ1) is 42.2. The second kappa shape index (κ2) is 16.8. The van der Waals surface area contributed by atoms with Gasteiger partial charge in [-0.05, 0) is 24.8 Å². The number of aromatic nitrogens is 7. The Labute approximate surface area is 355 Å². The normalized spacial score (nSPS) is 34.5. The molecule has 4 aromatic rings. The zero-order valence-corrected chi connectivity index (χ0v) is 35.9. The summed E-state index contributed by atoms with van der Waals surface area (Å²) in [4.78, 5) is 30.3. The SMILES string of the molecule is O=c1c2ncn([C@@H]3O[C@@H]4COP(=O)([S-])O[C@H]5[C@@H](O)[C@H](n6cc7c8c(ncnc86)NCCC7)O[C@@H]5COP(=O)([S-])O[C@@H]3[C@@H]4O)c2ncn1CCCO.[Na+].[Na+]. The van der Waals surface area contributed by atoms with Crippen molar-refractivity contribution in [1.29, 1.82) is 0 Å². The smallest absolute Gasteiger partial charge is 0.660 e. The molecular weight excluding hydrogens is 800 g/mol. The van der Waals surface area contributed by atoms with Crippen molar-refractivity contribution in [2.45, 2.75) is 74.9 Å². The van der Waals surface area contributed by atoms with Crippen LogP contribution in [0.2, 0.25) is 0 Å². The second-order valence-electron chi connectivity index (χ2n) is 12.4. The predicted molar refractivity (Wildman–Crippen MR) is 179 cm³/mol. The summed E-state index contributed by atoms with van der Waals surface area (Å²) in [6.07, 6.45) is -3.45. The molecule has 4 N–H and O–H groups in total. The fourth-order valence-corrected chi connectivity index (χ4v) is 9.62. The Hall–Kier alpha value is -0.430. The van der Waals surface area contributed by atoms with E-state index in [1.807, 2.05) is 0 Å². The molecule has 0 aliphatic carbocycles. The van der Waals surface area contributed by atoms with Crippen molar-refractivity contribution >= 4 is 66.1 Å². The molecule has 0 spiro atoms. The van der Waals surface area contributed by atoms with Crippen LogP contribution in [0, 0.1) is 0 Å². The van der Waals surface area contributed by atoms with Gasteiger partial charge in [0.25, 0.3) is 5.56 Å². The van der Waals surface area contributed by atoms with E-state index in [4.69, 9.17) is 57.2 Å². The van der Waals surface area contributed by atoms with Gasteiger partial charge in [-0.25, -0.2) is 19.9 Å². The van der Waals surface area contributed by atoms with Crippen LogP contribution in [0.25, 0.3) is 22.2 Å². The van der Waals surface area contributed by atoms with Crippen molar-refractivity contribution in [1.82, 2.24) is 33.6 Å². The van der Waals surface area contributed by atoms with E-state index < -0.39 is 81.4 Å². The first-order valence-electron chi connectivity index (χ1n) is 16.0. The number of ether oxygens (including phenoxy) is 2. The average Bonchev–Trinajstić information content (AvgIpc) is 3.80. The Balaban J connectivity index is 0.00000240. The molecule has 3 fully saturated rings. The molecule has 26 heteroatoms. The number of aliphatic hydroxyl groups excluding tert-OH is 3. The average molecular weight is 833 g/mol. The quantitative estimate of drug-likeness (QED) is 0.0832. The number of nitrogens with one attached hydrogen (secondary N) is 1. The first-order valence-corrected chi connectivity index (χ1v) is 21.1. The van der Waals surface area contributed by atoms with Gasteiger partial charge in [-0.3, -0.25) is 23.1 Å². The van der Waals surface area contributed by atoms with E-state index in [0.29, 0.717) is 24.3 Å². The van der Waals surface area contributed by atoms with Crippen molar-refractivity contribution in [3.8, 4) is 0 Å². The molecule has 4 aliphatic heterocycles. The Morgan fingerprint density at radius 1 is 0.887 bits per heavy atom. The molecule has 0 aromatic carbocycles. The van der Waals surface area contributed by atoms with Gasteiger partial charge in [0.05, 0.1) is 24.9 Å². The molecular formula is C27H32N8Na2O12P2S2. The standard InChI is InChI=1S/C27H34N8O12P2S2.2Na/c36-6-2-5-33-11-32-24-17(25(33)39)31-12-35(24)27-21-18(37)14(44-27)8-42-48(40,50)46-20-15(9-43-49(41,51)47-21)45-26(19(20)38)34-7-13-3-1-4-28-22-16(13)23(34)30-10-29-22;;/h7,10-12,14-15,18-21,26-27,36-38H,1-6,8-9H2,(H,40,50)(H,41,51)(H,28,29,30);;/q;2*+1/p-2/t14-,15-,18-,19-,20-,21-,26-,27-,48?,49?;;/m1../s1. The Bertz CT molecular complexity index is 2130. The van der Waals surface area contributed by atoms with Crippen molar-refractivity contribution < 1.29 is 111 Å². The maximum absolute atomic E-state index is 13.7. The van der Waals surface area contributed by atoms with Crippen LogP contribution in [0.5, 0.6) is 0 Å². The predicted octanol–water partition coefficient (Wildman–Crippen LogP) is -5.57. The van der Waals surface area contributed by atoms with E-state index in [-0.39, 0.29) is 83.4 Å². The van der Waals surface area contributed by atoms with E-state index in [1.54, 1.807) is 10.8 Å². The van der Waals surface area contributed by atoms with Crippen molar-refractivity contribution in [2.75, 3.05) is 31.7 Å². The van der Waals surface area contributed by atoms with Crippen molar-refractivity contribution in [2.24, 2.45) is 0 Å². The summed E-state index contributed by atoms with van der Waals surface area (Å²) in [5.41, 5.74) is 0.915. The zero-order valence-electron chi connectivity index (χ0n) is 28.4. The number of anilines is 1. The molecule has 20 nitrogen and oxygen atoms in total. The summed E-state index contributed by atoms with van der Waals surface area (Å²) < 4.78 is 66.2. The molecule has 10 atom stereocenters. The third-order valence-electron chi connectivity index (χ3n) is 9.18. The monoisotopic (exact) mass is 832 g/mol. The molecule has 4 aliphatic rings. The van der Waals surface area contributed by atoms with E-state index >= 15 is 0 Å². The second-order valence-corrected chi connectivity index (χ2v) is 17.8. The van der Waals surface area contributed by atoms with E-state index in [1.165, 1.54) is 28.1 Å². The van der Waals surface area contributed by atoms with Gasteiger partial charge < -0.3 is 77.3 Å². The fourth-order valence-electron chi connectivity index (χ4n) is 6.79. The van der Waals surface area contributed by atoms with Crippen molar-refractivity contribution in [3.05, 3.63) is 41.1 Å². The molecule has 8 rings (SSSR count). The minimum absolute atomic E-state index is 0. The maximum Gasteiger partial charge on any atom is 1.00 e. The molecule has 0 saturated carbocycles. The van der Waals surface area contributed by atoms with Gasteiger partial charge in [-0.1, -0.05) is 0 Å². The number of fused-ring (bicyclic) bond motifs is 4. The van der Waals surface area contributed by atoms with Crippen LogP contribution in [0.3, 0.4) is 0 Å². The summed E-state index contributed by atoms with van der Waals surface area (Å²) in [7, 11) is 0. The van der Waals surface area contributed by atoms with E-state index in [9.17, 15) is 24.1 Å². The Kier molecular flexibility index (Phi) is 13.4. The third-order valence-corrected chi connectivity index (χ3v) is 12.3. The maximum atomic E-state index is 13.7. The molecule has 4 aromatic heterocycles. The molecule has 2 bridgehead atoms. The van der Waals surface area contributed by atoms with Gasteiger partial charge in [0.2, 0.25) is 6.80 Å². The van der Waals surface area contributed by atoms with E-state index in [2.05, 4.69) is 25.3 Å². The third kappa shape index (κ3) is 8.17. The van der Waals surface area contributed by atoms with Crippen molar-refractivity contribution in [3.63, 3.8) is 0 Å². The van der Waals surface area contributed by atoms with Crippen LogP contribution >= 0.6 is 13.6 Å². The molecule has 0 radical (unpaired) electrons. The van der Waals surface area contributed by atoms with Crippen LogP contribution in [0.4, 0.5) is 5.82 Å². The summed E-state index contributed by atoms with van der Waals surface area (Å²) >= 11 is 10.4. The van der Waals surface area contributed by atoms with Crippen LogP contribution in [0.15, 0.2) is 30.0 Å². The van der Waals surface area contributed by atoms with Crippen LogP contribution in [0.1, 0.15) is 30.9 Å². The molecule has 53 heavy (non-hydrogen) atoms. The summed E-state index contributed by atoms with van der Waals surface area (Å²) in [5, 5.41) is 36.0. The van der Waals surface area contributed by atoms with Crippen LogP contribution in [-0.2, 0) is 74.2 Å². The van der Waals surface area contributed by atoms with Gasteiger partial charge >= 0.3 is 59.1 Å². The number of rotatable bonds is 5. The summed E-state index contributed by atoms with van der Waals surface area (Å²) in [6.45, 7) is -9.30. The van der Waals surface area contributed by atoms with Gasteiger partial charge in [0, 0.05) is 25.9 Å². The van der Waals surface area contributed by atoms with Gasteiger partial charge in [-0.15, -0.1) is 0 Å². The molecule has 8 heterocycles. The number of aryl methyl sites for hydroxylation is 2. The Morgan fingerprint density at radius 3 is 2.36 bits per heavy atom.